The summed E-state index contributed by atoms with van der Waals surface area (Å²) < 4.78 is 30.4. The van der Waals surface area contributed by atoms with Crippen molar-refractivity contribution >= 4 is 21.8 Å². The first-order valence-corrected chi connectivity index (χ1v) is 10.4. The van der Waals surface area contributed by atoms with Gasteiger partial charge >= 0.3 is 0 Å². The smallest absolute Gasteiger partial charge is 0.280 e. The Morgan fingerprint density at radius 1 is 1.39 bits per heavy atom. The van der Waals surface area contributed by atoms with E-state index < -0.39 is 34.3 Å². The molecule has 0 spiro atoms. The fraction of sp³-hybridized carbons (Fsp3) is 0.444. The topological polar surface area (TPSA) is 117 Å². The van der Waals surface area contributed by atoms with Gasteiger partial charge in [0.15, 0.2) is 0 Å². The summed E-state index contributed by atoms with van der Waals surface area (Å²) in [5, 5.41) is 16.7. The zero-order chi connectivity index (χ0) is 20.6. The van der Waals surface area contributed by atoms with Crippen molar-refractivity contribution in [3.8, 4) is 0 Å². The lowest BCUT2D eigenvalue weighted by molar-refractivity contribution is -0.120. The van der Waals surface area contributed by atoms with Crippen LogP contribution in [-0.4, -0.2) is 46.6 Å². The zero-order valence-corrected chi connectivity index (χ0v) is 17.1. The van der Waals surface area contributed by atoms with Crippen LogP contribution in [0.2, 0.25) is 0 Å². The van der Waals surface area contributed by atoms with Gasteiger partial charge in [-0.15, -0.1) is 0 Å². The lowest BCUT2D eigenvalue weighted by Crippen LogP contribution is -2.56. The zero-order valence-electron chi connectivity index (χ0n) is 16.2. The molecule has 0 aliphatic carbocycles. The molecule has 1 saturated heterocycles. The van der Waals surface area contributed by atoms with Crippen LogP contribution in [0.5, 0.6) is 0 Å². The molecule has 3 unspecified atom stereocenters. The number of hydrogen-bond acceptors (Lipinski definition) is 5. The van der Waals surface area contributed by atoms with Crippen LogP contribution in [-0.2, 0) is 22.1 Å². The number of benzene rings is 1. The van der Waals surface area contributed by atoms with E-state index in [1.54, 1.807) is 56.0 Å². The van der Waals surface area contributed by atoms with E-state index in [1.165, 1.54) is 7.05 Å². The highest BCUT2D eigenvalue weighted by atomic mass is 32.2. The first kappa shape index (κ1) is 20.5. The molecule has 2 heterocycles. The van der Waals surface area contributed by atoms with Gasteiger partial charge in [-0.2, -0.15) is 22.5 Å². The van der Waals surface area contributed by atoms with Crippen molar-refractivity contribution in [2.24, 2.45) is 7.05 Å². The summed E-state index contributed by atoms with van der Waals surface area (Å²) in [7, 11) is -0.686. The Morgan fingerprint density at radius 3 is 2.71 bits per heavy atom. The van der Waals surface area contributed by atoms with E-state index in [4.69, 9.17) is 0 Å². The van der Waals surface area contributed by atoms with Crippen LogP contribution in [0, 0.1) is 6.92 Å². The summed E-state index contributed by atoms with van der Waals surface area (Å²) in [6.45, 7) is 3.44. The molecule has 10 heteroatoms. The summed E-state index contributed by atoms with van der Waals surface area (Å²) in [5.74, 6) is -0.429. The van der Waals surface area contributed by atoms with Crippen LogP contribution < -0.4 is 10.0 Å². The van der Waals surface area contributed by atoms with Gasteiger partial charge in [0.25, 0.3) is 10.2 Å². The summed E-state index contributed by atoms with van der Waals surface area (Å²) in [4.78, 5) is 12.9. The van der Waals surface area contributed by atoms with Crippen molar-refractivity contribution in [2.45, 2.75) is 38.5 Å². The van der Waals surface area contributed by atoms with Gasteiger partial charge in [0.05, 0.1) is 17.8 Å². The second kappa shape index (κ2) is 7.63. The number of amides is 1. The lowest BCUT2D eigenvalue weighted by atomic mass is 10.00. The molecule has 28 heavy (non-hydrogen) atoms. The largest absolute Gasteiger partial charge is 0.389 e. The van der Waals surface area contributed by atoms with Crippen molar-refractivity contribution in [1.82, 2.24) is 18.8 Å². The van der Waals surface area contributed by atoms with Crippen molar-refractivity contribution in [3.63, 3.8) is 0 Å². The molecular formula is C18H25N5O4S. The van der Waals surface area contributed by atoms with E-state index in [2.05, 4.69) is 15.1 Å². The Hall–Kier alpha value is -2.27. The standard InChI is InChI=1S/C18H25N5O4S/c1-11-15(10-22(3)20-11)16-9-17(23(4)28(26,27)21-16)18(25)19-14-7-5-6-13(8-14)12(2)24/h5-8,10,12,16-17,21,24H,9H2,1-4H3,(H,19,25). The first-order valence-electron chi connectivity index (χ1n) is 8.93. The van der Waals surface area contributed by atoms with Gasteiger partial charge in [-0.25, -0.2) is 0 Å². The highest BCUT2D eigenvalue weighted by molar-refractivity contribution is 7.87. The number of carbonyl (C=O) groups is 1. The number of aliphatic hydroxyl groups excluding tert-OH is 1. The van der Waals surface area contributed by atoms with Crippen LogP contribution >= 0.6 is 0 Å². The quantitative estimate of drug-likeness (QED) is 0.699. The predicted octanol–water partition coefficient (Wildman–Crippen LogP) is 1.00. The Kier molecular flexibility index (Phi) is 5.57. The van der Waals surface area contributed by atoms with Crippen LogP contribution in [0.25, 0.3) is 0 Å². The molecule has 3 N–H and O–H groups in total. The molecule has 0 radical (unpaired) electrons. The van der Waals surface area contributed by atoms with E-state index in [9.17, 15) is 18.3 Å². The van der Waals surface area contributed by atoms with Gasteiger partial charge in [0, 0.05) is 31.5 Å². The maximum Gasteiger partial charge on any atom is 0.280 e. The molecule has 1 fully saturated rings. The van der Waals surface area contributed by atoms with E-state index in [-0.39, 0.29) is 6.42 Å². The van der Waals surface area contributed by atoms with Crippen LogP contribution in [0.4, 0.5) is 5.69 Å². The third-order valence-corrected chi connectivity index (χ3v) is 6.53. The maximum atomic E-state index is 12.9. The number of rotatable bonds is 4. The number of hydrogen-bond donors (Lipinski definition) is 3. The SMILES string of the molecule is Cc1nn(C)cc1C1CC(C(=O)Nc2cccc(C(C)O)c2)N(C)S(=O)(=O)N1. The highest BCUT2D eigenvalue weighted by Crippen LogP contribution is 2.30. The number of carbonyl (C=O) groups excluding carboxylic acids is 1. The molecular weight excluding hydrogens is 382 g/mol. The van der Waals surface area contributed by atoms with E-state index in [0.717, 1.165) is 9.87 Å². The van der Waals surface area contributed by atoms with Crippen LogP contribution in [0.1, 0.15) is 42.3 Å². The molecule has 2 aromatic rings. The molecule has 3 rings (SSSR count). The monoisotopic (exact) mass is 407 g/mol. The third-order valence-electron chi connectivity index (χ3n) is 4.93. The Labute approximate surface area is 164 Å². The molecule has 9 nitrogen and oxygen atoms in total. The Balaban J connectivity index is 1.85. The highest BCUT2D eigenvalue weighted by Gasteiger charge is 2.41. The Bertz CT molecular complexity index is 986. The number of anilines is 1. The predicted molar refractivity (Wildman–Crippen MR) is 105 cm³/mol. The summed E-state index contributed by atoms with van der Waals surface area (Å²) in [6, 6.07) is 5.41. The van der Waals surface area contributed by atoms with Crippen molar-refractivity contribution in [1.29, 1.82) is 0 Å². The minimum Gasteiger partial charge on any atom is -0.389 e. The Morgan fingerprint density at radius 2 is 2.11 bits per heavy atom. The number of aliphatic hydroxyl groups is 1. The van der Waals surface area contributed by atoms with E-state index in [0.29, 0.717) is 16.9 Å². The fourth-order valence-electron chi connectivity index (χ4n) is 3.37. The first-order chi connectivity index (χ1) is 13.1. The number of aromatic nitrogens is 2. The number of aryl methyl sites for hydroxylation is 2. The van der Waals surface area contributed by atoms with Crippen LogP contribution in [0.3, 0.4) is 0 Å². The minimum absolute atomic E-state index is 0.268. The summed E-state index contributed by atoms with van der Waals surface area (Å²) in [6.07, 6.45) is 1.36. The molecule has 3 atom stereocenters. The second-order valence-corrected chi connectivity index (χ2v) is 8.84. The molecule has 0 saturated carbocycles. The summed E-state index contributed by atoms with van der Waals surface area (Å²) >= 11 is 0. The fourth-order valence-corrected chi connectivity index (χ4v) is 4.64. The van der Waals surface area contributed by atoms with Crippen molar-refractivity contribution < 1.29 is 18.3 Å². The lowest BCUT2D eigenvalue weighted by Gasteiger charge is -2.36. The average molecular weight is 407 g/mol. The van der Waals surface area contributed by atoms with Gasteiger partial charge in [-0.3, -0.25) is 9.48 Å². The van der Waals surface area contributed by atoms with Gasteiger partial charge in [-0.05, 0) is 38.0 Å². The van der Waals surface area contributed by atoms with Crippen molar-refractivity contribution in [2.75, 3.05) is 12.4 Å². The van der Waals surface area contributed by atoms with Gasteiger partial charge < -0.3 is 10.4 Å². The van der Waals surface area contributed by atoms with Crippen molar-refractivity contribution in [3.05, 3.63) is 47.3 Å². The number of nitrogens with zero attached hydrogens (tertiary/aromatic N) is 3. The summed E-state index contributed by atoms with van der Waals surface area (Å²) in [5.41, 5.74) is 2.62. The van der Waals surface area contributed by atoms with Crippen LogP contribution in [0.15, 0.2) is 30.5 Å². The van der Waals surface area contributed by atoms with Gasteiger partial charge in [0.1, 0.15) is 6.04 Å². The third kappa shape index (κ3) is 4.09. The maximum absolute atomic E-state index is 12.9. The minimum atomic E-state index is -3.83. The molecule has 1 aromatic heterocycles. The second-order valence-electron chi connectivity index (χ2n) is 7.08. The van der Waals surface area contributed by atoms with Gasteiger partial charge in [0.2, 0.25) is 5.91 Å². The number of likely N-dealkylation sites (N-methyl/N-ethyl adjacent to an activating group) is 1. The molecule has 1 aliphatic heterocycles. The van der Waals surface area contributed by atoms with E-state index in [1.807, 2.05) is 0 Å². The average Bonchev–Trinajstić information content (AvgIpc) is 2.95. The van der Waals surface area contributed by atoms with Gasteiger partial charge in [-0.1, -0.05) is 12.1 Å². The normalized spacial score (nSPS) is 23.3. The molecule has 0 bridgehead atoms. The molecule has 152 valence electrons. The van der Waals surface area contributed by atoms with E-state index >= 15 is 0 Å². The molecule has 1 aromatic carbocycles. The molecule has 1 aliphatic rings. The molecule has 1 amide bonds. The number of nitrogens with one attached hydrogen (secondary N) is 2.